The number of nitrogens with zero attached hydrogens (tertiary/aromatic N) is 3. The van der Waals surface area contributed by atoms with Crippen molar-refractivity contribution in [1.29, 1.82) is 0 Å². The van der Waals surface area contributed by atoms with Crippen molar-refractivity contribution in [3.8, 4) is 5.69 Å². The van der Waals surface area contributed by atoms with E-state index in [0.717, 1.165) is 49.1 Å². The second-order valence-corrected chi connectivity index (χ2v) is 6.99. The first-order valence-corrected chi connectivity index (χ1v) is 9.47. The number of morpholine rings is 1. The Labute approximate surface area is 164 Å². The van der Waals surface area contributed by atoms with Gasteiger partial charge in [0.25, 0.3) is 5.91 Å². The summed E-state index contributed by atoms with van der Waals surface area (Å²) in [5.74, 6) is -0.157. The van der Waals surface area contributed by atoms with E-state index in [-0.39, 0.29) is 5.91 Å². The first-order chi connectivity index (χ1) is 13.6. The number of amides is 1. The van der Waals surface area contributed by atoms with E-state index >= 15 is 0 Å². The molecule has 144 valence electrons. The van der Waals surface area contributed by atoms with E-state index in [4.69, 9.17) is 4.74 Å². The molecule has 2 aromatic carbocycles. The van der Waals surface area contributed by atoms with E-state index in [1.807, 2.05) is 62.4 Å². The molecule has 1 N–H and O–H groups in total. The number of benzene rings is 2. The van der Waals surface area contributed by atoms with Crippen molar-refractivity contribution < 1.29 is 9.53 Å². The predicted molar refractivity (Wildman–Crippen MR) is 110 cm³/mol. The summed E-state index contributed by atoms with van der Waals surface area (Å²) in [5.41, 5.74) is 5.42. The quantitative estimate of drug-likeness (QED) is 0.756. The van der Waals surface area contributed by atoms with E-state index in [1.165, 1.54) is 5.56 Å². The smallest absolute Gasteiger partial charge is 0.259 e. The summed E-state index contributed by atoms with van der Waals surface area (Å²) in [6, 6.07) is 16.0. The fraction of sp³-hybridized carbons (Fsp3) is 0.273. The van der Waals surface area contributed by atoms with Gasteiger partial charge in [-0.2, -0.15) is 5.10 Å². The lowest BCUT2D eigenvalue weighted by Gasteiger charge is -2.28. The molecule has 1 saturated heterocycles. The molecular weight excluding hydrogens is 352 g/mol. The highest BCUT2D eigenvalue weighted by Gasteiger charge is 2.16. The second kappa shape index (κ2) is 7.86. The van der Waals surface area contributed by atoms with Crippen molar-refractivity contribution in [1.82, 2.24) is 9.78 Å². The fourth-order valence-corrected chi connectivity index (χ4v) is 3.35. The van der Waals surface area contributed by atoms with Gasteiger partial charge in [-0.1, -0.05) is 17.7 Å². The van der Waals surface area contributed by atoms with E-state index in [9.17, 15) is 4.79 Å². The van der Waals surface area contributed by atoms with Gasteiger partial charge in [-0.05, 0) is 50.2 Å². The zero-order chi connectivity index (χ0) is 19.5. The lowest BCUT2D eigenvalue weighted by atomic mass is 10.2. The van der Waals surface area contributed by atoms with Crippen LogP contribution in [-0.4, -0.2) is 42.0 Å². The van der Waals surface area contributed by atoms with Crippen LogP contribution in [0.15, 0.2) is 54.7 Å². The van der Waals surface area contributed by atoms with E-state index in [0.29, 0.717) is 5.56 Å². The molecule has 1 amide bonds. The molecule has 6 nitrogen and oxygen atoms in total. The Morgan fingerprint density at radius 1 is 0.964 bits per heavy atom. The SMILES string of the molecule is Cc1ccc(-n2ncc(C(=O)Nc3ccc(N4CCOCC4)cc3)c2C)cc1. The van der Waals surface area contributed by atoms with Crippen LogP contribution in [0.2, 0.25) is 0 Å². The second-order valence-electron chi connectivity index (χ2n) is 6.99. The molecular formula is C22H24N4O2. The van der Waals surface area contributed by atoms with Crippen molar-refractivity contribution in [3.63, 3.8) is 0 Å². The van der Waals surface area contributed by atoms with Crippen LogP contribution in [0.25, 0.3) is 5.69 Å². The van der Waals surface area contributed by atoms with Gasteiger partial charge in [0.05, 0.1) is 36.4 Å². The number of hydrogen-bond donors (Lipinski definition) is 1. The molecule has 3 aromatic rings. The number of carbonyl (C=O) groups is 1. The van der Waals surface area contributed by atoms with Gasteiger partial charge < -0.3 is 15.0 Å². The largest absolute Gasteiger partial charge is 0.378 e. The van der Waals surface area contributed by atoms with Crippen LogP contribution in [-0.2, 0) is 4.74 Å². The predicted octanol–water partition coefficient (Wildman–Crippen LogP) is 3.58. The van der Waals surface area contributed by atoms with Crippen molar-refractivity contribution in [2.45, 2.75) is 13.8 Å². The summed E-state index contributed by atoms with van der Waals surface area (Å²) >= 11 is 0. The monoisotopic (exact) mass is 376 g/mol. The van der Waals surface area contributed by atoms with Crippen LogP contribution in [0.5, 0.6) is 0 Å². The summed E-state index contributed by atoms with van der Waals surface area (Å²) < 4.78 is 7.18. The molecule has 1 aliphatic rings. The third kappa shape index (κ3) is 3.77. The molecule has 1 aromatic heterocycles. The molecule has 0 bridgehead atoms. The molecule has 0 atom stereocenters. The average Bonchev–Trinajstić information content (AvgIpc) is 3.11. The maximum atomic E-state index is 12.7. The minimum atomic E-state index is -0.157. The highest BCUT2D eigenvalue weighted by atomic mass is 16.5. The van der Waals surface area contributed by atoms with Gasteiger partial charge in [0.15, 0.2) is 0 Å². The molecule has 1 aliphatic heterocycles. The average molecular weight is 376 g/mol. The number of anilines is 2. The standard InChI is InChI=1S/C22H24N4O2/c1-16-3-7-20(8-4-16)26-17(2)21(15-23-26)22(27)24-18-5-9-19(10-6-18)25-11-13-28-14-12-25/h3-10,15H,11-14H2,1-2H3,(H,24,27). The Bertz CT molecular complexity index is 955. The fourth-order valence-electron chi connectivity index (χ4n) is 3.35. The number of ether oxygens (including phenoxy) is 1. The summed E-state index contributed by atoms with van der Waals surface area (Å²) in [6.07, 6.45) is 1.62. The molecule has 4 rings (SSSR count). The van der Waals surface area contributed by atoms with Crippen LogP contribution in [0.1, 0.15) is 21.6 Å². The topological polar surface area (TPSA) is 59.4 Å². The van der Waals surface area contributed by atoms with Crippen molar-refractivity contribution in [2.75, 3.05) is 36.5 Å². The van der Waals surface area contributed by atoms with Gasteiger partial charge in [0.2, 0.25) is 0 Å². The first-order valence-electron chi connectivity index (χ1n) is 9.47. The third-order valence-electron chi connectivity index (χ3n) is 5.03. The van der Waals surface area contributed by atoms with Gasteiger partial charge in [-0.25, -0.2) is 4.68 Å². The minimum absolute atomic E-state index is 0.157. The van der Waals surface area contributed by atoms with Gasteiger partial charge in [0, 0.05) is 24.5 Å². The summed E-state index contributed by atoms with van der Waals surface area (Å²) in [4.78, 5) is 15.0. The number of hydrogen-bond acceptors (Lipinski definition) is 4. The molecule has 1 fully saturated rings. The summed E-state index contributed by atoms with van der Waals surface area (Å²) in [6.45, 7) is 7.24. The molecule has 28 heavy (non-hydrogen) atoms. The molecule has 0 aliphatic carbocycles. The first kappa shape index (κ1) is 18.3. The number of rotatable bonds is 4. The van der Waals surface area contributed by atoms with Gasteiger partial charge >= 0.3 is 0 Å². The summed E-state index contributed by atoms with van der Waals surface area (Å²) in [5, 5.41) is 7.36. The van der Waals surface area contributed by atoms with Gasteiger partial charge in [-0.15, -0.1) is 0 Å². The van der Waals surface area contributed by atoms with E-state index < -0.39 is 0 Å². The van der Waals surface area contributed by atoms with Crippen LogP contribution >= 0.6 is 0 Å². The Hall–Kier alpha value is -3.12. The van der Waals surface area contributed by atoms with Crippen LogP contribution in [0.3, 0.4) is 0 Å². The lowest BCUT2D eigenvalue weighted by Crippen LogP contribution is -2.36. The number of nitrogens with one attached hydrogen (secondary N) is 1. The molecule has 0 spiro atoms. The van der Waals surface area contributed by atoms with Crippen LogP contribution < -0.4 is 10.2 Å². The maximum absolute atomic E-state index is 12.7. The number of aromatic nitrogens is 2. The van der Waals surface area contributed by atoms with Crippen LogP contribution in [0, 0.1) is 13.8 Å². The van der Waals surface area contributed by atoms with Crippen molar-refractivity contribution in [2.24, 2.45) is 0 Å². The van der Waals surface area contributed by atoms with E-state index in [1.54, 1.807) is 10.9 Å². The Balaban J connectivity index is 1.47. The zero-order valence-corrected chi connectivity index (χ0v) is 16.2. The summed E-state index contributed by atoms with van der Waals surface area (Å²) in [7, 11) is 0. The Morgan fingerprint density at radius 2 is 1.61 bits per heavy atom. The normalized spacial score (nSPS) is 14.1. The third-order valence-corrected chi connectivity index (χ3v) is 5.03. The van der Waals surface area contributed by atoms with Crippen molar-refractivity contribution in [3.05, 3.63) is 71.5 Å². The van der Waals surface area contributed by atoms with Gasteiger partial charge in [-0.3, -0.25) is 4.79 Å². The molecule has 6 heteroatoms. The number of carbonyl (C=O) groups excluding carboxylic acids is 1. The van der Waals surface area contributed by atoms with Crippen LogP contribution in [0.4, 0.5) is 11.4 Å². The zero-order valence-electron chi connectivity index (χ0n) is 16.2. The maximum Gasteiger partial charge on any atom is 0.259 e. The Kier molecular flexibility index (Phi) is 5.12. The molecule has 0 radical (unpaired) electrons. The lowest BCUT2D eigenvalue weighted by molar-refractivity contribution is 0.102. The minimum Gasteiger partial charge on any atom is -0.378 e. The molecule has 2 heterocycles. The molecule has 0 unspecified atom stereocenters. The highest BCUT2D eigenvalue weighted by Crippen LogP contribution is 2.21. The Morgan fingerprint density at radius 3 is 2.29 bits per heavy atom. The van der Waals surface area contributed by atoms with E-state index in [2.05, 4.69) is 15.3 Å². The highest BCUT2D eigenvalue weighted by molar-refractivity contribution is 6.05. The van der Waals surface area contributed by atoms with Crippen molar-refractivity contribution >= 4 is 17.3 Å². The van der Waals surface area contributed by atoms with Gasteiger partial charge in [0.1, 0.15) is 0 Å². The number of aryl methyl sites for hydroxylation is 1. The molecule has 0 saturated carbocycles.